The van der Waals surface area contributed by atoms with Gasteiger partial charge in [-0.05, 0) is 33.1 Å². The molecule has 1 N–H and O–H groups in total. The van der Waals surface area contributed by atoms with E-state index >= 15 is 0 Å². The van der Waals surface area contributed by atoms with Crippen molar-refractivity contribution in [1.29, 1.82) is 0 Å². The van der Waals surface area contributed by atoms with E-state index in [2.05, 4.69) is 44.2 Å². The predicted octanol–water partition coefficient (Wildman–Crippen LogP) is 4.01. The lowest BCUT2D eigenvalue weighted by molar-refractivity contribution is 0.282. The van der Waals surface area contributed by atoms with Crippen LogP contribution in [0.3, 0.4) is 0 Å². The summed E-state index contributed by atoms with van der Waals surface area (Å²) in [7, 11) is 0. The lowest BCUT2D eigenvalue weighted by Crippen LogP contribution is -1.82. The van der Waals surface area contributed by atoms with Crippen LogP contribution in [0.1, 0.15) is 46.0 Å². The normalized spacial score (nSPS) is 11.4. The van der Waals surface area contributed by atoms with Gasteiger partial charge in [-0.2, -0.15) is 0 Å². The van der Waals surface area contributed by atoms with E-state index in [0.29, 0.717) is 6.61 Å². The van der Waals surface area contributed by atoms with E-state index in [4.69, 9.17) is 5.11 Å². The van der Waals surface area contributed by atoms with Gasteiger partial charge in [-0.15, -0.1) is 0 Å². The van der Waals surface area contributed by atoms with Crippen LogP contribution in [-0.4, -0.2) is 11.7 Å². The van der Waals surface area contributed by atoms with Gasteiger partial charge in [-0.3, -0.25) is 0 Å². The smallest absolute Gasteiger partial charge is 0.0431 e. The molecule has 0 bridgehead atoms. The Balaban J connectivity index is 3.31. The van der Waals surface area contributed by atoms with Gasteiger partial charge in [0.25, 0.3) is 0 Å². The highest BCUT2D eigenvalue weighted by molar-refractivity contribution is 5.13. The highest BCUT2D eigenvalue weighted by Crippen LogP contribution is 2.03. The van der Waals surface area contributed by atoms with E-state index in [-0.39, 0.29) is 0 Å². The summed E-state index contributed by atoms with van der Waals surface area (Å²) in [5, 5.41) is 8.58. The Morgan fingerprint density at radius 3 is 2.33 bits per heavy atom. The van der Waals surface area contributed by atoms with Crippen molar-refractivity contribution in [2.24, 2.45) is 0 Å². The van der Waals surface area contributed by atoms with Crippen LogP contribution in [0.15, 0.2) is 36.0 Å². The van der Waals surface area contributed by atoms with Crippen molar-refractivity contribution < 1.29 is 5.11 Å². The van der Waals surface area contributed by atoms with E-state index in [1.54, 1.807) is 0 Å². The van der Waals surface area contributed by atoms with Gasteiger partial charge >= 0.3 is 0 Å². The lowest BCUT2D eigenvalue weighted by atomic mass is 10.1. The van der Waals surface area contributed by atoms with Gasteiger partial charge in [0.2, 0.25) is 0 Å². The molecule has 0 aromatic heterocycles. The molecule has 0 heterocycles. The fourth-order valence-corrected chi connectivity index (χ4v) is 1.21. The molecule has 0 unspecified atom stereocenters. The Bertz CT molecular complexity index is 207. The van der Waals surface area contributed by atoms with Gasteiger partial charge in [-0.1, -0.05) is 48.8 Å². The summed E-state index contributed by atoms with van der Waals surface area (Å²) in [5.41, 5.74) is 1.32. The first-order chi connectivity index (χ1) is 7.27. The average Bonchev–Trinajstić information content (AvgIpc) is 2.20. The molecular weight excluding hydrogens is 184 g/mol. The molecule has 0 aliphatic rings. The third-order valence-electron chi connectivity index (χ3n) is 2.07. The van der Waals surface area contributed by atoms with Crippen LogP contribution in [0, 0.1) is 0 Å². The highest BCUT2D eigenvalue weighted by atomic mass is 16.2. The highest BCUT2D eigenvalue weighted by Gasteiger charge is 1.85. The van der Waals surface area contributed by atoms with Crippen LogP contribution in [0.4, 0.5) is 0 Å². The van der Waals surface area contributed by atoms with Crippen molar-refractivity contribution in [2.75, 3.05) is 6.61 Å². The van der Waals surface area contributed by atoms with Crippen LogP contribution >= 0.6 is 0 Å². The molecule has 0 fully saturated rings. The Hall–Kier alpha value is -0.820. The minimum absolute atomic E-state index is 0.335. The molecule has 0 atom stereocenters. The summed E-state index contributed by atoms with van der Waals surface area (Å²) in [6.07, 6.45) is 16.2. The maximum Gasteiger partial charge on any atom is 0.0431 e. The predicted molar refractivity (Wildman–Crippen MR) is 67.9 cm³/mol. The zero-order valence-electron chi connectivity index (χ0n) is 10.1. The number of allylic oxidation sites excluding steroid dienone is 6. The fourth-order valence-electron chi connectivity index (χ4n) is 1.21. The number of rotatable bonds is 8. The molecule has 0 aromatic carbocycles. The van der Waals surface area contributed by atoms with E-state index < -0.39 is 0 Å². The molecule has 15 heavy (non-hydrogen) atoms. The van der Waals surface area contributed by atoms with Gasteiger partial charge in [0.05, 0.1) is 0 Å². The largest absolute Gasteiger partial charge is 0.396 e. The molecule has 86 valence electrons. The lowest BCUT2D eigenvalue weighted by Gasteiger charge is -1.94. The van der Waals surface area contributed by atoms with Crippen molar-refractivity contribution in [3.05, 3.63) is 36.0 Å². The number of aliphatic hydroxyl groups is 1. The second-order valence-electron chi connectivity index (χ2n) is 3.98. The molecule has 0 spiro atoms. The monoisotopic (exact) mass is 208 g/mol. The topological polar surface area (TPSA) is 20.2 Å². The Labute approximate surface area is 94.2 Å². The van der Waals surface area contributed by atoms with E-state index in [0.717, 1.165) is 19.3 Å². The van der Waals surface area contributed by atoms with Crippen LogP contribution in [0.5, 0.6) is 0 Å². The number of aliphatic hydroxyl groups excluding tert-OH is 1. The summed E-state index contributed by atoms with van der Waals surface area (Å²) in [6, 6.07) is 0. The summed E-state index contributed by atoms with van der Waals surface area (Å²) in [6.45, 7) is 4.52. The van der Waals surface area contributed by atoms with Gasteiger partial charge in [0, 0.05) is 6.61 Å². The molecule has 0 radical (unpaired) electrons. The van der Waals surface area contributed by atoms with Crippen molar-refractivity contribution in [1.82, 2.24) is 0 Å². The summed E-state index contributed by atoms with van der Waals surface area (Å²) >= 11 is 0. The summed E-state index contributed by atoms with van der Waals surface area (Å²) in [4.78, 5) is 0. The average molecular weight is 208 g/mol. The molecule has 0 amide bonds. The first kappa shape index (κ1) is 14.2. The zero-order chi connectivity index (χ0) is 11.4. The maximum atomic E-state index is 8.58. The Kier molecular flexibility index (Phi) is 10.6. The molecule has 1 heteroatoms. The third kappa shape index (κ3) is 13.2. The van der Waals surface area contributed by atoms with Crippen molar-refractivity contribution in [2.45, 2.75) is 46.0 Å². The number of hydrogen-bond donors (Lipinski definition) is 1. The maximum absolute atomic E-state index is 8.58. The van der Waals surface area contributed by atoms with Crippen LogP contribution < -0.4 is 0 Å². The minimum Gasteiger partial charge on any atom is -0.396 e. The van der Waals surface area contributed by atoms with E-state index in [9.17, 15) is 0 Å². The van der Waals surface area contributed by atoms with Gasteiger partial charge in [0.15, 0.2) is 0 Å². The summed E-state index contributed by atoms with van der Waals surface area (Å²) < 4.78 is 0. The van der Waals surface area contributed by atoms with Gasteiger partial charge in [-0.25, -0.2) is 0 Å². The molecular formula is C14H24O. The van der Waals surface area contributed by atoms with Gasteiger partial charge in [0.1, 0.15) is 0 Å². The van der Waals surface area contributed by atoms with Crippen LogP contribution in [0.2, 0.25) is 0 Å². The van der Waals surface area contributed by atoms with Crippen molar-refractivity contribution in [3.8, 4) is 0 Å². The molecule has 0 aromatic rings. The quantitative estimate of drug-likeness (QED) is 0.472. The molecule has 0 aliphatic carbocycles. The molecule has 1 nitrogen and oxygen atoms in total. The van der Waals surface area contributed by atoms with Gasteiger partial charge < -0.3 is 5.11 Å². The zero-order valence-corrected chi connectivity index (χ0v) is 10.1. The summed E-state index contributed by atoms with van der Waals surface area (Å²) in [5.74, 6) is 0. The third-order valence-corrected chi connectivity index (χ3v) is 2.07. The number of unbranched alkanes of at least 4 members (excludes halogenated alkanes) is 4. The fraction of sp³-hybridized carbons (Fsp3) is 0.571. The Morgan fingerprint density at radius 1 is 0.933 bits per heavy atom. The van der Waals surface area contributed by atoms with Crippen LogP contribution in [0.25, 0.3) is 0 Å². The molecule has 0 saturated heterocycles. The molecule has 0 aliphatic heterocycles. The van der Waals surface area contributed by atoms with E-state index in [1.165, 1.54) is 18.4 Å². The van der Waals surface area contributed by atoms with Crippen molar-refractivity contribution >= 4 is 0 Å². The van der Waals surface area contributed by atoms with E-state index in [1.807, 2.05) is 0 Å². The van der Waals surface area contributed by atoms with Crippen LogP contribution in [-0.2, 0) is 0 Å². The Morgan fingerprint density at radius 2 is 1.67 bits per heavy atom. The SMILES string of the molecule is CC(C)=CC=CC=CCCCCCCO. The molecule has 0 rings (SSSR count). The first-order valence-corrected chi connectivity index (χ1v) is 5.85. The first-order valence-electron chi connectivity index (χ1n) is 5.85. The standard InChI is InChI=1S/C14H24O/c1-14(2)12-10-8-6-4-3-5-7-9-11-13-15/h4,6,8,10,12,15H,3,5,7,9,11,13H2,1-2H3. The second-order valence-corrected chi connectivity index (χ2v) is 3.98. The number of hydrogen-bond acceptors (Lipinski definition) is 1. The molecule has 0 saturated carbocycles. The second kappa shape index (κ2) is 11.3. The van der Waals surface area contributed by atoms with Crippen molar-refractivity contribution in [3.63, 3.8) is 0 Å². The minimum atomic E-state index is 0.335.